The lowest BCUT2D eigenvalue weighted by molar-refractivity contribution is -0.385. The van der Waals surface area contributed by atoms with Crippen molar-refractivity contribution in [2.45, 2.75) is 6.42 Å². The van der Waals surface area contributed by atoms with Crippen LogP contribution in [0, 0.1) is 10.1 Å². The highest BCUT2D eigenvalue weighted by atomic mass is 16.6. The summed E-state index contributed by atoms with van der Waals surface area (Å²) in [5, 5.41) is 21.6. The van der Waals surface area contributed by atoms with Crippen molar-refractivity contribution < 1.29 is 24.4 Å². The molecule has 1 aromatic carbocycles. The maximum Gasteiger partial charge on any atom is 0.305 e. The highest BCUT2D eigenvalue weighted by Gasteiger charge is 2.24. The van der Waals surface area contributed by atoms with E-state index in [1.54, 1.807) is 0 Å². The lowest BCUT2D eigenvalue weighted by atomic mass is 10.1. The number of nitrogens with one attached hydrogen (secondary N) is 1. The highest BCUT2D eigenvalue weighted by molar-refractivity contribution is 6.01. The Labute approximate surface area is 108 Å². The Kier molecular flexibility index (Phi) is 4.81. The minimum atomic E-state index is -1.07. The number of ether oxygens (including phenoxy) is 1. The van der Waals surface area contributed by atoms with Crippen LogP contribution in [0.3, 0.4) is 0 Å². The first-order chi connectivity index (χ1) is 8.97. The molecule has 0 aliphatic heterocycles. The zero-order chi connectivity index (χ0) is 14.4. The summed E-state index contributed by atoms with van der Waals surface area (Å²) in [6, 6.07) is 3.98. The van der Waals surface area contributed by atoms with Crippen LogP contribution in [0.25, 0.3) is 0 Å². The Bertz CT molecular complexity index is 514. The lowest BCUT2D eigenvalue weighted by Crippen LogP contribution is -2.27. The molecule has 19 heavy (non-hydrogen) atoms. The molecule has 0 radical (unpaired) electrons. The number of benzene rings is 1. The number of carbonyl (C=O) groups is 2. The molecule has 0 aliphatic rings. The molecule has 102 valence electrons. The Morgan fingerprint density at radius 3 is 2.68 bits per heavy atom. The molecule has 0 saturated heterocycles. The number of nitrogens with zero attached hydrogens (tertiary/aromatic N) is 1. The molecule has 1 amide bonds. The minimum Gasteiger partial charge on any atom is -0.496 e. The highest BCUT2D eigenvalue weighted by Crippen LogP contribution is 2.27. The van der Waals surface area contributed by atoms with E-state index >= 15 is 0 Å². The number of amides is 1. The van der Waals surface area contributed by atoms with Crippen LogP contribution in [0.4, 0.5) is 5.69 Å². The van der Waals surface area contributed by atoms with Gasteiger partial charge in [-0.2, -0.15) is 0 Å². The van der Waals surface area contributed by atoms with Crippen molar-refractivity contribution in [2.24, 2.45) is 0 Å². The van der Waals surface area contributed by atoms with Crippen molar-refractivity contribution in [3.8, 4) is 5.75 Å². The third-order valence-electron chi connectivity index (χ3n) is 2.27. The van der Waals surface area contributed by atoms with Crippen molar-refractivity contribution in [3.63, 3.8) is 0 Å². The number of carboxylic acids is 1. The van der Waals surface area contributed by atoms with Crippen LogP contribution in [0.1, 0.15) is 16.8 Å². The standard InChI is InChI=1S/C11H12N2O6/c1-19-8-4-2-3-7(13(17)18)10(8)11(16)12-6-5-9(14)15/h2-4H,5-6H2,1H3,(H,12,16)(H,14,15). The van der Waals surface area contributed by atoms with E-state index in [9.17, 15) is 19.7 Å². The Hall–Kier alpha value is -2.64. The maximum absolute atomic E-state index is 11.8. The number of nitro benzene ring substituents is 1. The van der Waals surface area contributed by atoms with E-state index in [1.165, 1.54) is 25.3 Å². The van der Waals surface area contributed by atoms with Gasteiger partial charge in [-0.3, -0.25) is 19.7 Å². The summed E-state index contributed by atoms with van der Waals surface area (Å²) >= 11 is 0. The van der Waals surface area contributed by atoms with E-state index in [-0.39, 0.29) is 24.3 Å². The van der Waals surface area contributed by atoms with Crippen LogP contribution in [0.2, 0.25) is 0 Å². The van der Waals surface area contributed by atoms with Gasteiger partial charge in [-0.25, -0.2) is 0 Å². The van der Waals surface area contributed by atoms with Gasteiger partial charge in [0.1, 0.15) is 5.75 Å². The largest absolute Gasteiger partial charge is 0.496 e. The maximum atomic E-state index is 11.8. The molecule has 0 saturated carbocycles. The van der Waals surface area contributed by atoms with Gasteiger partial charge in [0, 0.05) is 12.6 Å². The van der Waals surface area contributed by atoms with E-state index in [0.29, 0.717) is 0 Å². The Balaban J connectivity index is 2.99. The van der Waals surface area contributed by atoms with Gasteiger partial charge in [-0.1, -0.05) is 6.07 Å². The van der Waals surface area contributed by atoms with Crippen molar-refractivity contribution in [1.29, 1.82) is 0 Å². The summed E-state index contributed by atoms with van der Waals surface area (Å²) in [5.41, 5.74) is -0.618. The summed E-state index contributed by atoms with van der Waals surface area (Å²) in [6.45, 7) is -0.122. The predicted octanol–water partition coefficient (Wildman–Crippen LogP) is 0.808. The molecule has 8 nitrogen and oxygen atoms in total. The van der Waals surface area contributed by atoms with Crippen LogP contribution >= 0.6 is 0 Å². The molecule has 8 heteroatoms. The van der Waals surface area contributed by atoms with Gasteiger partial charge in [0.2, 0.25) is 0 Å². The number of hydrogen-bond donors (Lipinski definition) is 2. The number of aliphatic carboxylic acids is 1. The second-order valence-corrected chi connectivity index (χ2v) is 3.51. The predicted molar refractivity (Wildman–Crippen MR) is 64.2 cm³/mol. The van der Waals surface area contributed by atoms with Crippen LogP contribution in [-0.2, 0) is 4.79 Å². The summed E-state index contributed by atoms with van der Waals surface area (Å²) in [5.74, 6) is -1.76. The SMILES string of the molecule is COc1cccc([N+](=O)[O-])c1C(=O)NCCC(=O)O. The van der Waals surface area contributed by atoms with Crippen LogP contribution < -0.4 is 10.1 Å². The van der Waals surface area contributed by atoms with Crippen molar-refractivity contribution in [2.75, 3.05) is 13.7 Å². The van der Waals surface area contributed by atoms with Gasteiger partial charge >= 0.3 is 5.97 Å². The Morgan fingerprint density at radius 1 is 1.47 bits per heavy atom. The lowest BCUT2D eigenvalue weighted by Gasteiger charge is -2.08. The minimum absolute atomic E-state index is 0.0574. The van der Waals surface area contributed by atoms with Crippen LogP contribution in [-0.4, -0.2) is 35.6 Å². The molecule has 1 rings (SSSR count). The Morgan fingerprint density at radius 2 is 2.16 bits per heavy atom. The molecule has 0 bridgehead atoms. The zero-order valence-electron chi connectivity index (χ0n) is 10.1. The van der Waals surface area contributed by atoms with Crippen molar-refractivity contribution in [1.82, 2.24) is 5.32 Å². The van der Waals surface area contributed by atoms with E-state index in [1.807, 2.05) is 0 Å². The van der Waals surface area contributed by atoms with E-state index in [4.69, 9.17) is 9.84 Å². The molecule has 2 N–H and O–H groups in total. The first-order valence-electron chi connectivity index (χ1n) is 5.28. The van der Waals surface area contributed by atoms with Gasteiger partial charge in [0.15, 0.2) is 5.56 Å². The van der Waals surface area contributed by atoms with Gasteiger partial charge < -0.3 is 15.2 Å². The molecular weight excluding hydrogens is 256 g/mol. The third kappa shape index (κ3) is 3.66. The topological polar surface area (TPSA) is 119 Å². The first-order valence-corrected chi connectivity index (χ1v) is 5.28. The number of carbonyl (C=O) groups excluding carboxylic acids is 1. The first kappa shape index (κ1) is 14.4. The fraction of sp³-hybridized carbons (Fsp3) is 0.273. The molecule has 0 unspecified atom stereocenters. The van der Waals surface area contributed by atoms with Crippen LogP contribution in [0.5, 0.6) is 5.75 Å². The number of rotatable bonds is 6. The van der Waals surface area contributed by atoms with Crippen LogP contribution in [0.15, 0.2) is 18.2 Å². The number of carboxylic acid groups (broad SMARTS) is 1. The fourth-order valence-electron chi connectivity index (χ4n) is 1.44. The van der Waals surface area contributed by atoms with E-state index in [0.717, 1.165) is 0 Å². The smallest absolute Gasteiger partial charge is 0.305 e. The molecule has 0 heterocycles. The van der Waals surface area contributed by atoms with Crippen molar-refractivity contribution >= 4 is 17.6 Å². The number of nitro groups is 1. The molecule has 0 aromatic heterocycles. The second-order valence-electron chi connectivity index (χ2n) is 3.51. The molecular formula is C11H12N2O6. The van der Waals surface area contributed by atoms with Crippen molar-refractivity contribution in [3.05, 3.63) is 33.9 Å². The molecule has 0 atom stereocenters. The summed E-state index contributed by atoms with van der Waals surface area (Å²) in [7, 11) is 1.28. The average molecular weight is 268 g/mol. The third-order valence-corrected chi connectivity index (χ3v) is 2.27. The van der Waals surface area contributed by atoms with E-state index in [2.05, 4.69) is 5.32 Å². The number of methoxy groups -OCH3 is 1. The zero-order valence-corrected chi connectivity index (χ0v) is 10.1. The summed E-state index contributed by atoms with van der Waals surface area (Å²) < 4.78 is 4.90. The molecule has 0 fully saturated rings. The molecule has 0 spiro atoms. The molecule has 1 aromatic rings. The normalized spacial score (nSPS) is 9.74. The fourth-order valence-corrected chi connectivity index (χ4v) is 1.44. The number of hydrogen-bond acceptors (Lipinski definition) is 5. The average Bonchev–Trinajstić information content (AvgIpc) is 2.36. The quantitative estimate of drug-likeness (QED) is 0.582. The van der Waals surface area contributed by atoms with Gasteiger partial charge in [-0.15, -0.1) is 0 Å². The van der Waals surface area contributed by atoms with E-state index < -0.39 is 22.5 Å². The van der Waals surface area contributed by atoms with Gasteiger partial charge in [0.25, 0.3) is 11.6 Å². The summed E-state index contributed by atoms with van der Waals surface area (Å²) in [4.78, 5) is 32.3. The van der Waals surface area contributed by atoms with Gasteiger partial charge in [0.05, 0.1) is 18.5 Å². The summed E-state index contributed by atoms with van der Waals surface area (Å²) in [6.07, 6.45) is -0.269. The molecule has 0 aliphatic carbocycles. The van der Waals surface area contributed by atoms with Gasteiger partial charge in [-0.05, 0) is 6.07 Å². The monoisotopic (exact) mass is 268 g/mol. The second kappa shape index (κ2) is 6.34.